The number of rotatable bonds is 7. The first-order valence-electron chi connectivity index (χ1n) is 6.84. The van der Waals surface area contributed by atoms with Gasteiger partial charge in [-0.05, 0) is 26.7 Å². The maximum absolute atomic E-state index is 13.6. The molecule has 2 atom stereocenters. The molecular formula is C13H19F5O5. The fourth-order valence-corrected chi connectivity index (χ4v) is 1.25. The van der Waals surface area contributed by atoms with E-state index in [0.29, 0.717) is 0 Å². The molecule has 0 heterocycles. The SMILES string of the molecule is CCC(C)OC(=O)C(O)(C(=O)OC(C)CC)C(F)(F)C(F)(F)F. The van der Waals surface area contributed by atoms with E-state index in [1.165, 1.54) is 27.7 Å². The zero-order valence-corrected chi connectivity index (χ0v) is 13.0. The molecular weight excluding hydrogens is 331 g/mol. The number of carbonyl (C=O) groups excluding carboxylic acids is 2. The van der Waals surface area contributed by atoms with Crippen LogP contribution in [0.25, 0.3) is 0 Å². The molecule has 0 bridgehead atoms. The molecule has 0 rings (SSSR count). The Balaban J connectivity index is 5.88. The molecule has 0 fully saturated rings. The third-order valence-corrected chi connectivity index (χ3v) is 3.17. The minimum Gasteiger partial charge on any atom is -0.460 e. The number of alkyl halides is 5. The summed E-state index contributed by atoms with van der Waals surface area (Å²) >= 11 is 0. The van der Waals surface area contributed by atoms with E-state index >= 15 is 0 Å². The number of hydrogen-bond donors (Lipinski definition) is 1. The summed E-state index contributed by atoms with van der Waals surface area (Å²) in [6.45, 7) is 5.31. The lowest BCUT2D eigenvalue weighted by Gasteiger charge is -2.33. The summed E-state index contributed by atoms with van der Waals surface area (Å²) in [5.74, 6) is -10.9. The molecule has 5 nitrogen and oxygen atoms in total. The van der Waals surface area contributed by atoms with Gasteiger partial charge in [0.1, 0.15) is 0 Å². The summed E-state index contributed by atoms with van der Waals surface area (Å²) in [7, 11) is 0. The summed E-state index contributed by atoms with van der Waals surface area (Å²) in [6.07, 6.45) is -8.41. The zero-order valence-electron chi connectivity index (χ0n) is 13.0. The van der Waals surface area contributed by atoms with Crippen molar-refractivity contribution in [3.05, 3.63) is 0 Å². The average Bonchev–Trinajstić information content (AvgIpc) is 2.43. The molecule has 0 aliphatic carbocycles. The Hall–Kier alpha value is -1.45. The zero-order chi connectivity index (χ0) is 18.6. The van der Waals surface area contributed by atoms with Crippen molar-refractivity contribution in [3.63, 3.8) is 0 Å². The number of carbonyl (C=O) groups is 2. The van der Waals surface area contributed by atoms with Crippen molar-refractivity contribution in [2.75, 3.05) is 0 Å². The van der Waals surface area contributed by atoms with E-state index in [4.69, 9.17) is 0 Å². The highest BCUT2D eigenvalue weighted by Crippen LogP contribution is 2.45. The number of halogens is 5. The second-order valence-electron chi connectivity index (χ2n) is 5.03. The molecule has 10 heteroatoms. The molecule has 136 valence electrons. The maximum atomic E-state index is 13.6. The van der Waals surface area contributed by atoms with Crippen LogP contribution in [-0.4, -0.2) is 47.0 Å². The summed E-state index contributed by atoms with van der Waals surface area (Å²) < 4.78 is 73.5. The van der Waals surface area contributed by atoms with E-state index in [-0.39, 0.29) is 12.8 Å². The van der Waals surface area contributed by atoms with Gasteiger partial charge in [0.2, 0.25) is 0 Å². The first-order valence-corrected chi connectivity index (χ1v) is 6.84. The van der Waals surface area contributed by atoms with Crippen LogP contribution < -0.4 is 0 Å². The van der Waals surface area contributed by atoms with E-state index < -0.39 is 41.8 Å². The highest BCUT2D eigenvalue weighted by atomic mass is 19.4. The Labute approximate surface area is 129 Å². The van der Waals surface area contributed by atoms with Crippen LogP contribution in [0.3, 0.4) is 0 Å². The molecule has 0 radical (unpaired) electrons. The van der Waals surface area contributed by atoms with Crippen molar-refractivity contribution in [2.24, 2.45) is 0 Å². The average molecular weight is 350 g/mol. The van der Waals surface area contributed by atoms with Gasteiger partial charge >= 0.3 is 29.6 Å². The molecule has 0 saturated carbocycles. The quantitative estimate of drug-likeness (QED) is 0.434. The Bertz CT molecular complexity index is 411. The van der Waals surface area contributed by atoms with Gasteiger partial charge in [-0.25, -0.2) is 9.59 Å². The molecule has 0 aromatic heterocycles. The Morgan fingerprint density at radius 2 is 1.22 bits per heavy atom. The van der Waals surface area contributed by atoms with Crippen LogP contribution >= 0.6 is 0 Å². The van der Waals surface area contributed by atoms with Crippen molar-refractivity contribution in [1.82, 2.24) is 0 Å². The summed E-state index contributed by atoms with van der Waals surface area (Å²) in [6, 6.07) is 0. The topological polar surface area (TPSA) is 72.8 Å². The highest BCUT2D eigenvalue weighted by molar-refractivity contribution is 6.05. The van der Waals surface area contributed by atoms with Crippen molar-refractivity contribution >= 4 is 11.9 Å². The number of esters is 2. The van der Waals surface area contributed by atoms with Gasteiger partial charge in [0.05, 0.1) is 12.2 Å². The first kappa shape index (κ1) is 21.6. The maximum Gasteiger partial charge on any atom is 0.457 e. The number of aliphatic hydroxyl groups is 1. The monoisotopic (exact) mass is 350 g/mol. The van der Waals surface area contributed by atoms with Crippen LogP contribution in [0.1, 0.15) is 40.5 Å². The van der Waals surface area contributed by atoms with E-state index in [0.717, 1.165) is 0 Å². The van der Waals surface area contributed by atoms with Crippen LogP contribution in [0.2, 0.25) is 0 Å². The Morgan fingerprint density at radius 1 is 0.913 bits per heavy atom. The van der Waals surface area contributed by atoms with E-state index in [1.54, 1.807) is 0 Å². The summed E-state index contributed by atoms with van der Waals surface area (Å²) in [5.41, 5.74) is -4.82. The van der Waals surface area contributed by atoms with Crippen molar-refractivity contribution in [2.45, 2.75) is 70.4 Å². The van der Waals surface area contributed by atoms with Crippen LogP contribution in [0.4, 0.5) is 22.0 Å². The minimum atomic E-state index is -6.37. The number of ether oxygens (including phenoxy) is 2. The largest absolute Gasteiger partial charge is 0.460 e. The van der Waals surface area contributed by atoms with Gasteiger partial charge in [0, 0.05) is 0 Å². The lowest BCUT2D eigenvalue weighted by Crippen LogP contribution is -2.67. The predicted molar refractivity (Wildman–Crippen MR) is 67.6 cm³/mol. The lowest BCUT2D eigenvalue weighted by atomic mass is 9.94. The van der Waals surface area contributed by atoms with E-state index in [2.05, 4.69) is 9.47 Å². The second-order valence-corrected chi connectivity index (χ2v) is 5.03. The molecule has 23 heavy (non-hydrogen) atoms. The Kier molecular flexibility index (Phi) is 6.95. The fourth-order valence-electron chi connectivity index (χ4n) is 1.25. The second kappa shape index (κ2) is 7.41. The highest BCUT2D eigenvalue weighted by Gasteiger charge is 2.78. The smallest absolute Gasteiger partial charge is 0.457 e. The van der Waals surface area contributed by atoms with Crippen LogP contribution in [0.5, 0.6) is 0 Å². The van der Waals surface area contributed by atoms with Gasteiger partial charge in [-0.3, -0.25) is 0 Å². The molecule has 1 N–H and O–H groups in total. The van der Waals surface area contributed by atoms with Gasteiger partial charge in [-0.15, -0.1) is 0 Å². The molecule has 0 amide bonds. The van der Waals surface area contributed by atoms with Crippen molar-refractivity contribution in [3.8, 4) is 0 Å². The molecule has 2 unspecified atom stereocenters. The van der Waals surface area contributed by atoms with Gasteiger partial charge in [-0.2, -0.15) is 22.0 Å². The van der Waals surface area contributed by atoms with Crippen LogP contribution in [0, 0.1) is 0 Å². The molecule has 0 spiro atoms. The molecule has 0 saturated heterocycles. The first-order chi connectivity index (χ1) is 10.3. The summed E-state index contributed by atoms with van der Waals surface area (Å²) in [4.78, 5) is 23.4. The minimum absolute atomic E-state index is 0.0693. The fraction of sp³-hybridized carbons (Fsp3) is 0.846. The third-order valence-electron chi connectivity index (χ3n) is 3.17. The predicted octanol–water partition coefficient (Wildman–Crippen LogP) is 2.60. The third kappa shape index (κ3) is 4.30. The standard InChI is InChI=1S/C13H19F5O5/c1-5-7(3)22-9(19)11(21,10(20)23-8(4)6-2)12(14,15)13(16,17)18/h7-8,21H,5-6H2,1-4H3. The molecule has 0 aromatic rings. The number of hydrogen-bond acceptors (Lipinski definition) is 5. The summed E-state index contributed by atoms with van der Waals surface area (Å²) in [5, 5.41) is 9.68. The normalized spacial score (nSPS) is 17.8. The Morgan fingerprint density at radius 3 is 1.43 bits per heavy atom. The lowest BCUT2D eigenvalue weighted by molar-refractivity contribution is -0.334. The van der Waals surface area contributed by atoms with Gasteiger partial charge in [-0.1, -0.05) is 13.8 Å². The van der Waals surface area contributed by atoms with Gasteiger partial charge in [0.15, 0.2) is 0 Å². The molecule has 0 aromatic carbocycles. The molecule has 0 aliphatic heterocycles. The van der Waals surface area contributed by atoms with E-state index in [1.807, 2.05) is 0 Å². The van der Waals surface area contributed by atoms with Gasteiger partial charge in [0.25, 0.3) is 0 Å². The van der Waals surface area contributed by atoms with Crippen molar-refractivity contribution in [1.29, 1.82) is 0 Å². The van der Waals surface area contributed by atoms with Gasteiger partial charge < -0.3 is 14.6 Å². The molecule has 0 aliphatic rings. The van der Waals surface area contributed by atoms with Crippen LogP contribution in [-0.2, 0) is 19.1 Å². The van der Waals surface area contributed by atoms with E-state index in [9.17, 15) is 36.6 Å². The van der Waals surface area contributed by atoms with Crippen LogP contribution in [0.15, 0.2) is 0 Å². The van der Waals surface area contributed by atoms with Crippen molar-refractivity contribution < 1.29 is 46.1 Å².